The molecule has 0 spiro atoms. The predicted molar refractivity (Wildman–Crippen MR) is 53.6 cm³/mol. The molecule has 1 heterocycles. The molecule has 0 aliphatic carbocycles. The van der Waals surface area contributed by atoms with Gasteiger partial charge < -0.3 is 9.84 Å². The predicted octanol–water partition coefficient (Wildman–Crippen LogP) is 1.55. The maximum absolute atomic E-state index is 12.8. The molecule has 0 aromatic rings. The lowest BCUT2D eigenvalue weighted by atomic mass is 10.1. The number of nitrogens with zero attached hydrogens (tertiary/aromatic N) is 1. The Kier molecular flexibility index (Phi) is 3.21. The Labute approximate surface area is 92.5 Å². The van der Waals surface area contributed by atoms with E-state index in [4.69, 9.17) is 9.84 Å². The summed E-state index contributed by atoms with van der Waals surface area (Å²) in [4.78, 5) is 22.9. The van der Waals surface area contributed by atoms with Gasteiger partial charge in [0, 0.05) is 5.57 Å². The van der Waals surface area contributed by atoms with Crippen molar-refractivity contribution in [2.24, 2.45) is 0 Å². The first-order valence-corrected chi connectivity index (χ1v) is 4.79. The van der Waals surface area contributed by atoms with E-state index in [-0.39, 0.29) is 18.7 Å². The Balaban J connectivity index is 2.51. The van der Waals surface area contributed by atoms with Crippen molar-refractivity contribution in [1.82, 2.24) is 4.90 Å². The summed E-state index contributed by atoms with van der Waals surface area (Å²) < 4.78 is 17.9. The molecule has 0 radical (unpaired) electrons. The van der Waals surface area contributed by atoms with Crippen LogP contribution in [0.3, 0.4) is 0 Å². The SMILES string of the molecule is CC(C)(C)OC(=O)N1CC(=C(F)C(=O)O)C1. The molecule has 1 aliphatic heterocycles. The summed E-state index contributed by atoms with van der Waals surface area (Å²) in [5.74, 6) is -2.78. The van der Waals surface area contributed by atoms with Gasteiger partial charge in [-0.3, -0.25) is 4.90 Å². The van der Waals surface area contributed by atoms with Crippen molar-refractivity contribution in [3.63, 3.8) is 0 Å². The van der Waals surface area contributed by atoms with Crippen LogP contribution in [-0.4, -0.2) is 40.8 Å². The topological polar surface area (TPSA) is 66.8 Å². The normalized spacial score (nSPS) is 15.5. The molecule has 1 N–H and O–H groups in total. The Morgan fingerprint density at radius 1 is 1.38 bits per heavy atom. The van der Waals surface area contributed by atoms with Crippen LogP contribution in [0.15, 0.2) is 11.4 Å². The van der Waals surface area contributed by atoms with E-state index < -0.39 is 23.5 Å². The minimum Gasteiger partial charge on any atom is -0.476 e. The summed E-state index contributed by atoms with van der Waals surface area (Å²) in [6.45, 7) is 5.12. The van der Waals surface area contributed by atoms with Crippen LogP contribution in [0.25, 0.3) is 0 Å². The molecule has 0 unspecified atom stereocenters. The average molecular weight is 231 g/mol. The number of carboxylic acid groups (broad SMARTS) is 1. The highest BCUT2D eigenvalue weighted by molar-refractivity contribution is 5.86. The molecular weight excluding hydrogens is 217 g/mol. The molecule has 1 aliphatic rings. The Morgan fingerprint density at radius 2 is 1.88 bits per heavy atom. The Hall–Kier alpha value is -1.59. The van der Waals surface area contributed by atoms with Crippen LogP contribution in [0.5, 0.6) is 0 Å². The number of carbonyl (C=O) groups is 2. The van der Waals surface area contributed by atoms with Gasteiger partial charge in [-0.1, -0.05) is 0 Å². The van der Waals surface area contributed by atoms with E-state index in [1.54, 1.807) is 20.8 Å². The van der Waals surface area contributed by atoms with Crippen molar-refractivity contribution in [2.75, 3.05) is 13.1 Å². The molecule has 0 saturated carbocycles. The van der Waals surface area contributed by atoms with Gasteiger partial charge in [-0.15, -0.1) is 0 Å². The monoisotopic (exact) mass is 231 g/mol. The number of carboxylic acids is 1. The molecule has 0 aromatic carbocycles. The molecule has 1 amide bonds. The zero-order valence-electron chi connectivity index (χ0n) is 9.41. The summed E-state index contributed by atoms with van der Waals surface area (Å²) in [7, 11) is 0. The molecule has 0 aromatic heterocycles. The van der Waals surface area contributed by atoms with E-state index in [1.165, 1.54) is 4.90 Å². The van der Waals surface area contributed by atoms with E-state index >= 15 is 0 Å². The third-order valence-corrected chi connectivity index (χ3v) is 1.91. The zero-order chi connectivity index (χ0) is 12.5. The molecule has 1 fully saturated rings. The molecule has 5 nitrogen and oxygen atoms in total. The van der Waals surface area contributed by atoms with Gasteiger partial charge in [-0.2, -0.15) is 4.39 Å². The summed E-state index contributed by atoms with van der Waals surface area (Å²) in [5.41, 5.74) is -0.500. The van der Waals surface area contributed by atoms with Crippen LogP contribution in [0.2, 0.25) is 0 Å². The second kappa shape index (κ2) is 4.11. The van der Waals surface area contributed by atoms with Crippen LogP contribution in [0.4, 0.5) is 9.18 Å². The van der Waals surface area contributed by atoms with Gasteiger partial charge in [0.05, 0.1) is 13.1 Å². The molecule has 6 heteroatoms. The van der Waals surface area contributed by atoms with Gasteiger partial charge in [0.15, 0.2) is 0 Å². The number of hydrogen-bond acceptors (Lipinski definition) is 3. The minimum absolute atomic E-state index is 0.0208. The summed E-state index contributed by atoms with van der Waals surface area (Å²) in [6.07, 6.45) is -0.561. The van der Waals surface area contributed by atoms with Gasteiger partial charge in [0.1, 0.15) is 5.60 Å². The van der Waals surface area contributed by atoms with Gasteiger partial charge in [0.25, 0.3) is 0 Å². The zero-order valence-corrected chi connectivity index (χ0v) is 9.41. The van der Waals surface area contributed by atoms with Crippen LogP contribution in [0, 0.1) is 0 Å². The van der Waals surface area contributed by atoms with Gasteiger partial charge in [-0.05, 0) is 20.8 Å². The second-order valence-corrected chi connectivity index (χ2v) is 4.56. The third-order valence-electron chi connectivity index (χ3n) is 1.91. The van der Waals surface area contributed by atoms with Gasteiger partial charge >= 0.3 is 12.1 Å². The van der Waals surface area contributed by atoms with Gasteiger partial charge in [0.2, 0.25) is 5.83 Å². The van der Waals surface area contributed by atoms with Crippen molar-refractivity contribution < 1.29 is 23.8 Å². The van der Waals surface area contributed by atoms with Crippen molar-refractivity contribution in [3.05, 3.63) is 11.4 Å². The first-order chi connectivity index (χ1) is 7.20. The number of carbonyl (C=O) groups excluding carboxylic acids is 1. The number of rotatable bonds is 1. The third kappa shape index (κ3) is 2.95. The Bertz CT molecular complexity index is 348. The lowest BCUT2D eigenvalue weighted by Gasteiger charge is -2.35. The molecule has 16 heavy (non-hydrogen) atoms. The fourth-order valence-corrected chi connectivity index (χ4v) is 1.16. The first-order valence-electron chi connectivity index (χ1n) is 4.79. The Morgan fingerprint density at radius 3 is 2.25 bits per heavy atom. The van der Waals surface area contributed by atoms with Crippen LogP contribution < -0.4 is 0 Å². The molecule has 90 valence electrons. The largest absolute Gasteiger partial charge is 0.476 e. The highest BCUT2D eigenvalue weighted by Gasteiger charge is 2.33. The van der Waals surface area contributed by atoms with E-state index in [9.17, 15) is 14.0 Å². The highest BCUT2D eigenvalue weighted by Crippen LogP contribution is 2.22. The summed E-state index contributed by atoms with van der Waals surface area (Å²) >= 11 is 0. The maximum Gasteiger partial charge on any atom is 0.410 e. The maximum atomic E-state index is 12.8. The van der Waals surface area contributed by atoms with Crippen molar-refractivity contribution >= 4 is 12.1 Å². The van der Waals surface area contributed by atoms with E-state index in [0.717, 1.165) is 0 Å². The van der Waals surface area contributed by atoms with Crippen molar-refractivity contribution in [3.8, 4) is 0 Å². The quantitative estimate of drug-likeness (QED) is 0.695. The molecule has 0 bridgehead atoms. The van der Waals surface area contributed by atoms with Crippen LogP contribution >= 0.6 is 0 Å². The fraction of sp³-hybridized carbons (Fsp3) is 0.600. The number of halogens is 1. The minimum atomic E-state index is -1.60. The molecule has 1 rings (SSSR count). The van der Waals surface area contributed by atoms with Crippen LogP contribution in [0.1, 0.15) is 20.8 Å². The number of likely N-dealkylation sites (tertiary alicyclic amines) is 1. The standard InChI is InChI=1S/C10H14FNO4/c1-10(2,3)16-9(15)12-4-6(5-12)7(11)8(13)14/h4-5H2,1-3H3,(H,13,14). The molecular formula is C10H14FNO4. The fourth-order valence-electron chi connectivity index (χ4n) is 1.16. The summed E-state index contributed by atoms with van der Waals surface area (Å²) in [5, 5.41) is 8.36. The van der Waals surface area contributed by atoms with E-state index in [1.807, 2.05) is 0 Å². The lowest BCUT2D eigenvalue weighted by Crippen LogP contribution is -2.47. The van der Waals surface area contributed by atoms with E-state index in [0.29, 0.717) is 0 Å². The lowest BCUT2D eigenvalue weighted by molar-refractivity contribution is -0.134. The van der Waals surface area contributed by atoms with Crippen molar-refractivity contribution in [1.29, 1.82) is 0 Å². The van der Waals surface area contributed by atoms with Crippen LogP contribution in [-0.2, 0) is 9.53 Å². The van der Waals surface area contributed by atoms with Gasteiger partial charge in [-0.25, -0.2) is 9.59 Å². The first kappa shape index (κ1) is 12.5. The second-order valence-electron chi connectivity index (χ2n) is 4.56. The molecule has 0 atom stereocenters. The smallest absolute Gasteiger partial charge is 0.410 e. The molecule has 1 saturated heterocycles. The average Bonchev–Trinajstić information content (AvgIpc) is 1.96. The number of aliphatic carboxylic acids is 1. The highest BCUT2D eigenvalue weighted by atomic mass is 19.1. The number of amides is 1. The van der Waals surface area contributed by atoms with Crippen molar-refractivity contribution in [2.45, 2.75) is 26.4 Å². The number of hydrogen-bond donors (Lipinski definition) is 1. The van der Waals surface area contributed by atoms with E-state index in [2.05, 4.69) is 0 Å². The summed E-state index contributed by atoms with van der Waals surface area (Å²) in [6, 6.07) is 0. The number of ether oxygens (including phenoxy) is 1.